The highest BCUT2D eigenvalue weighted by atomic mass is 16.5. The third-order valence-corrected chi connectivity index (χ3v) is 3.01. The summed E-state index contributed by atoms with van der Waals surface area (Å²) in [5.41, 5.74) is 0.983. The Morgan fingerprint density at radius 1 is 1.17 bits per heavy atom. The van der Waals surface area contributed by atoms with E-state index in [1.165, 1.54) is 0 Å². The molecule has 0 saturated carbocycles. The zero-order valence-corrected chi connectivity index (χ0v) is 12.8. The molecule has 7 nitrogen and oxygen atoms in total. The van der Waals surface area contributed by atoms with Crippen LogP contribution >= 0.6 is 0 Å². The fourth-order valence-electron chi connectivity index (χ4n) is 1.77. The maximum atomic E-state index is 11.9. The first-order valence-corrected chi connectivity index (χ1v) is 7.02. The van der Waals surface area contributed by atoms with Crippen molar-refractivity contribution in [2.75, 3.05) is 6.54 Å². The number of carbonyl (C=O) groups excluding carboxylic acids is 1. The maximum Gasteiger partial charge on any atom is 0.356 e. The lowest BCUT2D eigenvalue weighted by Gasteiger charge is -2.15. The van der Waals surface area contributed by atoms with Crippen molar-refractivity contribution in [1.29, 1.82) is 0 Å². The molecule has 0 fully saturated rings. The van der Waals surface area contributed by atoms with Crippen LogP contribution in [0.3, 0.4) is 0 Å². The molecule has 2 N–H and O–H groups in total. The van der Waals surface area contributed by atoms with Crippen molar-refractivity contribution >= 4 is 11.9 Å². The molecule has 7 heteroatoms. The van der Waals surface area contributed by atoms with E-state index in [4.69, 9.17) is 9.84 Å². The average Bonchev–Trinajstić information content (AvgIpc) is 2.55. The number of ether oxygens (including phenoxy) is 1. The van der Waals surface area contributed by atoms with Crippen LogP contribution in [0.4, 0.5) is 0 Å². The molecule has 1 atom stereocenters. The van der Waals surface area contributed by atoms with Crippen LogP contribution in [0.25, 0.3) is 0 Å². The maximum absolute atomic E-state index is 11.9. The van der Waals surface area contributed by atoms with E-state index in [0.717, 1.165) is 23.7 Å². The molecule has 23 heavy (non-hydrogen) atoms. The van der Waals surface area contributed by atoms with Crippen LogP contribution < -0.4 is 10.1 Å². The van der Waals surface area contributed by atoms with Gasteiger partial charge in [0, 0.05) is 0 Å². The zero-order chi connectivity index (χ0) is 16.8. The number of nitrogens with one attached hydrogen (secondary N) is 1. The van der Waals surface area contributed by atoms with Crippen molar-refractivity contribution in [3.63, 3.8) is 0 Å². The van der Waals surface area contributed by atoms with Crippen LogP contribution in [0, 0.1) is 6.92 Å². The minimum atomic E-state index is -1.19. The molecule has 1 amide bonds. The van der Waals surface area contributed by atoms with Gasteiger partial charge in [0.1, 0.15) is 17.5 Å². The minimum absolute atomic E-state index is 0.0533. The number of aryl methyl sites for hydroxylation is 1. The number of amides is 1. The molecule has 120 valence electrons. The number of hydrogen-bond donors (Lipinski definition) is 2. The summed E-state index contributed by atoms with van der Waals surface area (Å²) >= 11 is 0. The number of hydrogen-bond acceptors (Lipinski definition) is 5. The van der Waals surface area contributed by atoms with E-state index < -0.39 is 11.9 Å². The smallest absolute Gasteiger partial charge is 0.356 e. The number of carboxylic acids is 1. The summed E-state index contributed by atoms with van der Waals surface area (Å²) in [5.74, 6) is -0.902. The van der Waals surface area contributed by atoms with Crippen LogP contribution in [-0.2, 0) is 0 Å². The Balaban J connectivity index is 1.85. The Labute approximate surface area is 133 Å². The molecule has 0 radical (unpaired) electrons. The molecule has 0 aliphatic carbocycles. The topological polar surface area (TPSA) is 101 Å². The molecule has 1 heterocycles. The van der Waals surface area contributed by atoms with Gasteiger partial charge in [-0.3, -0.25) is 4.79 Å². The van der Waals surface area contributed by atoms with Crippen molar-refractivity contribution in [3.05, 3.63) is 53.6 Å². The van der Waals surface area contributed by atoms with E-state index in [2.05, 4.69) is 15.3 Å². The van der Waals surface area contributed by atoms with Crippen molar-refractivity contribution in [1.82, 2.24) is 15.3 Å². The van der Waals surface area contributed by atoms with Gasteiger partial charge >= 0.3 is 5.97 Å². The molecule has 1 aromatic carbocycles. The Morgan fingerprint density at radius 2 is 1.78 bits per heavy atom. The molecule has 1 aromatic heterocycles. The van der Waals surface area contributed by atoms with Gasteiger partial charge in [0.05, 0.1) is 18.9 Å². The second kappa shape index (κ2) is 7.35. The first kappa shape index (κ1) is 16.4. The number of benzene rings is 1. The fraction of sp³-hybridized carbons (Fsp3) is 0.250. The van der Waals surface area contributed by atoms with Crippen LogP contribution in [0.2, 0.25) is 0 Å². The highest BCUT2D eigenvalue weighted by Gasteiger charge is 2.12. The highest BCUT2D eigenvalue weighted by Crippen LogP contribution is 2.13. The molecule has 0 spiro atoms. The zero-order valence-electron chi connectivity index (χ0n) is 12.8. The van der Waals surface area contributed by atoms with Gasteiger partial charge in [-0.15, -0.1) is 0 Å². The van der Waals surface area contributed by atoms with E-state index in [9.17, 15) is 9.59 Å². The lowest BCUT2D eigenvalue weighted by atomic mass is 10.2. The quantitative estimate of drug-likeness (QED) is 0.841. The summed E-state index contributed by atoms with van der Waals surface area (Å²) in [5, 5.41) is 11.4. The predicted molar refractivity (Wildman–Crippen MR) is 82.6 cm³/mol. The molecule has 0 bridgehead atoms. The second-order valence-electron chi connectivity index (χ2n) is 5.04. The lowest BCUT2D eigenvalue weighted by Crippen LogP contribution is -2.34. The lowest BCUT2D eigenvalue weighted by molar-refractivity contribution is 0.0689. The third-order valence-electron chi connectivity index (χ3n) is 3.01. The molecular weight excluding hydrogens is 298 g/mol. The van der Waals surface area contributed by atoms with Crippen molar-refractivity contribution < 1.29 is 19.4 Å². The molecule has 0 saturated heterocycles. The van der Waals surface area contributed by atoms with Gasteiger partial charge in [-0.2, -0.15) is 0 Å². The van der Waals surface area contributed by atoms with Crippen LogP contribution in [0.1, 0.15) is 33.5 Å². The Hall–Kier alpha value is -2.96. The fourth-order valence-corrected chi connectivity index (χ4v) is 1.77. The standard InChI is InChI=1S/C16H17N3O4/c1-10-3-5-12(6-4-10)23-11(2)7-19-15(20)13-8-18-14(9-17-13)16(21)22/h3-6,8-9,11H,7H2,1-2H3,(H,19,20)(H,21,22). The summed E-state index contributed by atoms with van der Waals surface area (Å²) in [6.07, 6.45) is 1.95. The molecule has 0 aliphatic heterocycles. The van der Waals surface area contributed by atoms with Gasteiger partial charge in [-0.25, -0.2) is 14.8 Å². The number of aromatic carboxylic acids is 1. The summed E-state index contributed by atoms with van der Waals surface area (Å²) in [6.45, 7) is 4.11. The number of rotatable bonds is 6. The average molecular weight is 315 g/mol. The van der Waals surface area contributed by atoms with E-state index in [-0.39, 0.29) is 24.0 Å². The molecular formula is C16H17N3O4. The Bertz CT molecular complexity index is 683. The van der Waals surface area contributed by atoms with E-state index in [0.29, 0.717) is 0 Å². The van der Waals surface area contributed by atoms with Gasteiger partial charge in [0.25, 0.3) is 5.91 Å². The van der Waals surface area contributed by atoms with Gasteiger partial charge < -0.3 is 15.2 Å². The monoisotopic (exact) mass is 315 g/mol. The number of carbonyl (C=O) groups is 2. The van der Waals surface area contributed by atoms with Crippen LogP contribution in [-0.4, -0.2) is 39.6 Å². The summed E-state index contributed by atoms with van der Waals surface area (Å²) in [4.78, 5) is 30.0. The number of nitrogens with zero attached hydrogens (tertiary/aromatic N) is 2. The Morgan fingerprint density at radius 3 is 2.35 bits per heavy atom. The first-order chi connectivity index (χ1) is 11.0. The van der Waals surface area contributed by atoms with Crippen molar-refractivity contribution in [2.24, 2.45) is 0 Å². The number of carboxylic acid groups (broad SMARTS) is 1. The van der Waals surface area contributed by atoms with Gasteiger partial charge in [0.2, 0.25) is 0 Å². The van der Waals surface area contributed by atoms with Crippen molar-refractivity contribution in [2.45, 2.75) is 20.0 Å². The van der Waals surface area contributed by atoms with Crippen LogP contribution in [0.15, 0.2) is 36.7 Å². The normalized spacial score (nSPS) is 11.6. The molecule has 2 aromatic rings. The van der Waals surface area contributed by atoms with E-state index in [1.807, 2.05) is 38.1 Å². The van der Waals surface area contributed by atoms with Gasteiger partial charge in [0.15, 0.2) is 5.69 Å². The second-order valence-corrected chi connectivity index (χ2v) is 5.04. The van der Waals surface area contributed by atoms with E-state index in [1.54, 1.807) is 0 Å². The van der Waals surface area contributed by atoms with Gasteiger partial charge in [-0.1, -0.05) is 17.7 Å². The predicted octanol–water partition coefficient (Wildman–Crippen LogP) is 1.68. The SMILES string of the molecule is Cc1ccc(OC(C)CNC(=O)c2cnc(C(=O)O)cn2)cc1. The summed E-state index contributed by atoms with van der Waals surface area (Å²) < 4.78 is 5.68. The largest absolute Gasteiger partial charge is 0.489 e. The van der Waals surface area contributed by atoms with Gasteiger partial charge in [-0.05, 0) is 26.0 Å². The third kappa shape index (κ3) is 4.77. The van der Waals surface area contributed by atoms with E-state index >= 15 is 0 Å². The molecule has 0 aliphatic rings. The first-order valence-electron chi connectivity index (χ1n) is 7.02. The summed E-state index contributed by atoms with van der Waals surface area (Å²) in [7, 11) is 0. The summed E-state index contributed by atoms with van der Waals surface area (Å²) in [6, 6.07) is 7.62. The highest BCUT2D eigenvalue weighted by molar-refractivity contribution is 5.92. The minimum Gasteiger partial charge on any atom is -0.489 e. The molecule has 2 rings (SSSR count). The number of aromatic nitrogens is 2. The van der Waals surface area contributed by atoms with Crippen LogP contribution in [0.5, 0.6) is 5.75 Å². The van der Waals surface area contributed by atoms with Crippen molar-refractivity contribution in [3.8, 4) is 5.75 Å². The molecule has 1 unspecified atom stereocenters. The Kier molecular flexibility index (Phi) is 5.24.